The van der Waals surface area contributed by atoms with Crippen molar-refractivity contribution >= 4 is 11.6 Å². The van der Waals surface area contributed by atoms with E-state index in [2.05, 4.69) is 75.7 Å². The van der Waals surface area contributed by atoms with Crippen LogP contribution < -0.4 is 0 Å². The zero-order valence-corrected chi connectivity index (χ0v) is 22.8. The van der Waals surface area contributed by atoms with Crippen molar-refractivity contribution in [3.63, 3.8) is 0 Å². The van der Waals surface area contributed by atoms with Crippen LogP contribution in [0.4, 0.5) is 0 Å². The molecule has 0 saturated heterocycles. The molecule has 0 saturated carbocycles. The zero-order valence-electron chi connectivity index (χ0n) is 22.1. The van der Waals surface area contributed by atoms with Crippen molar-refractivity contribution in [2.45, 2.75) is 81.0 Å². The van der Waals surface area contributed by atoms with Gasteiger partial charge in [0.05, 0.1) is 0 Å². The smallest absolute Gasteiger partial charge is 0.115 e. The Balaban J connectivity index is -0.000000258. The normalized spacial score (nSPS) is 9.77. The van der Waals surface area contributed by atoms with Gasteiger partial charge in [0.1, 0.15) is 4.87 Å². The lowest BCUT2D eigenvalue weighted by atomic mass is 9.83. The Labute approximate surface area is 200 Å². The van der Waals surface area contributed by atoms with Gasteiger partial charge < -0.3 is 0 Å². The average molecular weight is 443 g/mol. The van der Waals surface area contributed by atoms with Gasteiger partial charge >= 0.3 is 0 Å². The number of alkyl halides is 1. The van der Waals surface area contributed by atoms with Gasteiger partial charge in [-0.2, -0.15) is 0 Å². The van der Waals surface area contributed by atoms with Crippen LogP contribution in [0.2, 0.25) is 0 Å². The first-order valence-corrected chi connectivity index (χ1v) is 11.6. The van der Waals surface area contributed by atoms with E-state index >= 15 is 0 Å². The molecule has 0 aliphatic carbocycles. The van der Waals surface area contributed by atoms with E-state index in [-0.39, 0.29) is 0 Å². The molecule has 0 spiro atoms. The largest absolute Gasteiger partial charge is 0.120 e. The molecule has 2 rings (SSSR count). The van der Waals surface area contributed by atoms with Crippen LogP contribution in [0.25, 0.3) is 0 Å². The van der Waals surface area contributed by atoms with Crippen LogP contribution in [0.1, 0.15) is 84.6 Å². The molecule has 0 fully saturated rings. The number of halogens is 1. The lowest BCUT2D eigenvalue weighted by molar-refractivity contribution is 0.847. The summed E-state index contributed by atoms with van der Waals surface area (Å²) in [6.07, 6.45) is 6.35. The number of allylic oxidation sites excluding steroid dienone is 2. The molecule has 1 heteroatoms. The number of aryl methyl sites for hydroxylation is 2. The number of hydrogen-bond donors (Lipinski definition) is 0. The van der Waals surface area contributed by atoms with E-state index < -0.39 is 4.87 Å². The van der Waals surface area contributed by atoms with Gasteiger partial charge in [0.15, 0.2) is 0 Å². The van der Waals surface area contributed by atoms with E-state index in [1.807, 2.05) is 67.5 Å². The Morgan fingerprint density at radius 3 is 1.61 bits per heavy atom. The van der Waals surface area contributed by atoms with Crippen LogP contribution in [0.15, 0.2) is 73.3 Å². The first-order chi connectivity index (χ1) is 14.8. The third kappa shape index (κ3) is 13.6. The minimum Gasteiger partial charge on any atom is -0.120 e. The van der Waals surface area contributed by atoms with Crippen LogP contribution in [0.3, 0.4) is 0 Å². The standard InChI is InChI=1S/C18H19Cl.C3H6.C3H4.3C2H6/c1-13(2)18(19,16-11-9-14(3)10-12-16)17-8-6-5-7-15(17)4;2*1-3-2;3*1-2/h5-12H,1H2,2-4H3;3H,1H2,2H3;1H,2H3;3*1-2H3. The van der Waals surface area contributed by atoms with Crippen molar-refractivity contribution in [1.82, 2.24) is 0 Å². The van der Waals surface area contributed by atoms with Gasteiger partial charge in [-0.1, -0.05) is 114 Å². The second-order valence-electron chi connectivity index (χ2n) is 5.82. The second-order valence-corrected chi connectivity index (χ2v) is 6.38. The molecule has 31 heavy (non-hydrogen) atoms. The predicted octanol–water partition coefficient (Wildman–Crippen LogP) is 10.3. The molecular formula is C30H47Cl. The SMILES string of the molecule is C#CC.C=C(C)C(Cl)(c1ccc(C)cc1)c1ccccc1C.C=CC.CC.CC.CC. The van der Waals surface area contributed by atoms with E-state index in [0.29, 0.717) is 0 Å². The van der Waals surface area contributed by atoms with Crippen molar-refractivity contribution in [1.29, 1.82) is 0 Å². The Hall–Kier alpha value is -2.23. The molecule has 0 heterocycles. The summed E-state index contributed by atoms with van der Waals surface area (Å²) in [5, 5.41) is 0. The fourth-order valence-electron chi connectivity index (χ4n) is 2.37. The fourth-order valence-corrected chi connectivity index (χ4v) is 2.71. The number of rotatable bonds is 3. The van der Waals surface area contributed by atoms with Crippen LogP contribution in [0, 0.1) is 26.2 Å². The first kappa shape index (κ1) is 36.2. The summed E-state index contributed by atoms with van der Waals surface area (Å²) in [6, 6.07) is 16.6. The molecule has 0 aliphatic rings. The molecule has 2 aromatic rings. The van der Waals surface area contributed by atoms with E-state index in [4.69, 9.17) is 11.6 Å². The summed E-state index contributed by atoms with van der Waals surface area (Å²) in [6.45, 7) is 29.2. The Morgan fingerprint density at radius 2 is 1.29 bits per heavy atom. The van der Waals surface area contributed by atoms with Crippen molar-refractivity contribution in [2.24, 2.45) is 0 Å². The van der Waals surface area contributed by atoms with Crippen LogP contribution >= 0.6 is 11.6 Å². The van der Waals surface area contributed by atoms with Crippen molar-refractivity contribution in [3.05, 3.63) is 95.6 Å². The summed E-state index contributed by atoms with van der Waals surface area (Å²) in [5.41, 5.74) is 5.53. The van der Waals surface area contributed by atoms with Gasteiger partial charge in [-0.05, 0) is 51.3 Å². The summed E-state index contributed by atoms with van der Waals surface area (Å²) < 4.78 is 0. The van der Waals surface area contributed by atoms with Gasteiger partial charge in [-0.15, -0.1) is 30.5 Å². The van der Waals surface area contributed by atoms with Gasteiger partial charge in [0, 0.05) is 0 Å². The lowest BCUT2D eigenvalue weighted by Gasteiger charge is -2.30. The first-order valence-electron chi connectivity index (χ1n) is 11.2. The van der Waals surface area contributed by atoms with Crippen LogP contribution in [0.5, 0.6) is 0 Å². The quantitative estimate of drug-likeness (QED) is 0.252. The van der Waals surface area contributed by atoms with Gasteiger partial charge in [-0.25, -0.2) is 0 Å². The molecule has 0 aromatic heterocycles. The molecule has 1 atom stereocenters. The van der Waals surface area contributed by atoms with Crippen molar-refractivity contribution in [2.75, 3.05) is 0 Å². The number of terminal acetylenes is 1. The molecule has 0 nitrogen and oxygen atoms in total. The minimum atomic E-state index is -0.654. The highest BCUT2D eigenvalue weighted by atomic mass is 35.5. The highest BCUT2D eigenvalue weighted by molar-refractivity contribution is 6.28. The lowest BCUT2D eigenvalue weighted by Crippen LogP contribution is -2.22. The summed E-state index contributed by atoms with van der Waals surface area (Å²) >= 11 is 6.98. The maximum atomic E-state index is 6.98. The average Bonchev–Trinajstić information content (AvgIpc) is 2.79. The highest BCUT2D eigenvalue weighted by Gasteiger charge is 2.33. The summed E-state index contributed by atoms with van der Waals surface area (Å²) in [4.78, 5) is -0.654. The van der Waals surface area contributed by atoms with Crippen LogP contribution in [-0.4, -0.2) is 0 Å². The van der Waals surface area contributed by atoms with E-state index in [1.165, 1.54) is 11.1 Å². The second kappa shape index (κ2) is 24.0. The monoisotopic (exact) mass is 442 g/mol. The van der Waals surface area contributed by atoms with Crippen molar-refractivity contribution < 1.29 is 0 Å². The molecule has 0 radical (unpaired) electrons. The number of hydrogen-bond acceptors (Lipinski definition) is 0. The molecule has 174 valence electrons. The van der Waals surface area contributed by atoms with Gasteiger partial charge in [0.25, 0.3) is 0 Å². The Morgan fingerprint density at radius 1 is 0.935 bits per heavy atom. The van der Waals surface area contributed by atoms with E-state index in [1.54, 1.807) is 13.0 Å². The van der Waals surface area contributed by atoms with Crippen molar-refractivity contribution in [3.8, 4) is 12.3 Å². The molecule has 0 bridgehead atoms. The van der Waals surface area contributed by atoms with E-state index in [0.717, 1.165) is 16.7 Å². The Bertz CT molecular complexity index is 717. The molecule has 1 unspecified atom stereocenters. The fraction of sp³-hybridized carbons (Fsp3) is 0.400. The highest BCUT2D eigenvalue weighted by Crippen LogP contribution is 2.43. The van der Waals surface area contributed by atoms with Gasteiger partial charge in [0.2, 0.25) is 0 Å². The maximum Gasteiger partial charge on any atom is 0.115 e. The summed E-state index contributed by atoms with van der Waals surface area (Å²) in [7, 11) is 0. The molecule has 0 aliphatic heterocycles. The van der Waals surface area contributed by atoms with E-state index in [9.17, 15) is 0 Å². The Kier molecular flexibility index (Phi) is 28.0. The molecular weight excluding hydrogens is 396 g/mol. The molecule has 0 amide bonds. The zero-order chi connectivity index (χ0) is 25.5. The third-order valence-electron chi connectivity index (χ3n) is 3.55. The van der Waals surface area contributed by atoms with Crippen LogP contribution in [-0.2, 0) is 4.87 Å². The summed E-state index contributed by atoms with van der Waals surface area (Å²) in [5.74, 6) is 2.25. The topological polar surface area (TPSA) is 0 Å². The maximum absolute atomic E-state index is 6.98. The predicted molar refractivity (Wildman–Crippen MR) is 148 cm³/mol. The molecule has 2 aromatic carbocycles. The number of benzene rings is 2. The van der Waals surface area contributed by atoms with Gasteiger partial charge in [-0.3, -0.25) is 0 Å². The molecule has 0 N–H and O–H groups in total. The third-order valence-corrected chi connectivity index (χ3v) is 4.30. The minimum absolute atomic E-state index is 0.654.